The molecule has 3 aromatic rings. The Morgan fingerprint density at radius 2 is 1.48 bits per heavy atom. The van der Waals surface area contributed by atoms with Gasteiger partial charge in [-0.1, -0.05) is 74.5 Å². The lowest BCUT2D eigenvalue weighted by Crippen LogP contribution is -2.15. The van der Waals surface area contributed by atoms with E-state index in [0.29, 0.717) is 11.3 Å². The van der Waals surface area contributed by atoms with Gasteiger partial charge < -0.3 is 9.84 Å². The molecule has 1 N–H and O–H groups in total. The molecule has 0 aliphatic carbocycles. The summed E-state index contributed by atoms with van der Waals surface area (Å²) in [5, 5.41) is 10.5. The van der Waals surface area contributed by atoms with Crippen molar-refractivity contribution in [1.29, 1.82) is 0 Å². The van der Waals surface area contributed by atoms with Crippen LogP contribution < -0.4 is 4.74 Å². The molecule has 0 bridgehead atoms. The van der Waals surface area contributed by atoms with Crippen molar-refractivity contribution in [3.63, 3.8) is 0 Å². The van der Waals surface area contributed by atoms with Gasteiger partial charge in [0.2, 0.25) is 0 Å². The van der Waals surface area contributed by atoms with Crippen molar-refractivity contribution in [3.8, 4) is 33.8 Å². The second kappa shape index (κ2) is 7.22. The van der Waals surface area contributed by atoms with E-state index in [0.717, 1.165) is 16.7 Å². The number of carbonyl (C=O) groups is 1. The van der Waals surface area contributed by atoms with Crippen molar-refractivity contribution >= 4 is 5.97 Å². The van der Waals surface area contributed by atoms with Crippen LogP contribution in [0.4, 0.5) is 0 Å². The molecule has 3 nitrogen and oxygen atoms in total. The van der Waals surface area contributed by atoms with Crippen LogP contribution in [0.1, 0.15) is 13.8 Å². The smallest absolute Gasteiger partial charge is 0.313 e. The van der Waals surface area contributed by atoms with Gasteiger partial charge in [-0.05, 0) is 28.8 Å². The molecule has 0 radical (unpaired) electrons. The second-order valence-electron chi connectivity index (χ2n) is 6.14. The lowest BCUT2D eigenvalue weighted by atomic mass is 9.93. The normalized spacial score (nSPS) is 10.7. The lowest BCUT2D eigenvalue weighted by Gasteiger charge is -2.16. The number of phenols is 1. The molecule has 25 heavy (non-hydrogen) atoms. The van der Waals surface area contributed by atoms with E-state index >= 15 is 0 Å². The summed E-state index contributed by atoms with van der Waals surface area (Å²) >= 11 is 0. The zero-order chi connectivity index (χ0) is 17.8. The van der Waals surface area contributed by atoms with Crippen LogP contribution >= 0.6 is 0 Å². The fourth-order valence-electron chi connectivity index (χ4n) is 2.67. The highest BCUT2D eigenvalue weighted by Gasteiger charge is 2.19. The van der Waals surface area contributed by atoms with E-state index in [1.54, 1.807) is 32.0 Å². The van der Waals surface area contributed by atoms with Crippen LogP contribution in [-0.2, 0) is 4.79 Å². The van der Waals surface area contributed by atoms with Crippen LogP contribution in [-0.4, -0.2) is 11.1 Å². The number of esters is 1. The molecule has 0 aliphatic rings. The molecule has 0 amide bonds. The molecule has 0 atom stereocenters. The number of rotatable bonds is 4. The Hall–Kier alpha value is -3.07. The predicted molar refractivity (Wildman–Crippen MR) is 99.5 cm³/mol. The summed E-state index contributed by atoms with van der Waals surface area (Å²) < 4.78 is 5.53. The average Bonchev–Trinajstić information content (AvgIpc) is 2.62. The maximum absolute atomic E-state index is 12.1. The first kappa shape index (κ1) is 16.8. The van der Waals surface area contributed by atoms with E-state index in [1.165, 1.54) is 0 Å². The van der Waals surface area contributed by atoms with Crippen molar-refractivity contribution < 1.29 is 14.6 Å². The topological polar surface area (TPSA) is 46.5 Å². The van der Waals surface area contributed by atoms with Gasteiger partial charge in [0.1, 0.15) is 11.5 Å². The standard InChI is InChI=1S/C22H20O3/c1-15(2)22(24)25-20-14-8-13-19(23)21(20)18-12-7-6-11-17(18)16-9-4-3-5-10-16/h3-15,23H,1-2H3. The summed E-state index contributed by atoms with van der Waals surface area (Å²) in [6, 6.07) is 22.7. The number of hydrogen-bond acceptors (Lipinski definition) is 3. The monoisotopic (exact) mass is 332 g/mol. The largest absolute Gasteiger partial charge is 0.507 e. The average molecular weight is 332 g/mol. The number of phenolic OH excluding ortho intramolecular Hbond substituents is 1. The minimum Gasteiger partial charge on any atom is -0.507 e. The minimum absolute atomic E-state index is 0.0810. The van der Waals surface area contributed by atoms with Crippen LogP contribution in [0, 0.1) is 5.92 Å². The number of aromatic hydroxyl groups is 1. The van der Waals surface area contributed by atoms with Gasteiger partial charge in [0.05, 0.1) is 11.5 Å². The summed E-state index contributed by atoms with van der Waals surface area (Å²) in [7, 11) is 0. The Kier molecular flexibility index (Phi) is 4.85. The first-order chi connectivity index (χ1) is 12.1. The molecule has 0 spiro atoms. The highest BCUT2D eigenvalue weighted by atomic mass is 16.5. The molecule has 0 saturated heterocycles. The van der Waals surface area contributed by atoms with E-state index in [-0.39, 0.29) is 17.6 Å². The Balaban J connectivity index is 2.16. The molecule has 3 heteroatoms. The van der Waals surface area contributed by atoms with Crippen molar-refractivity contribution in [3.05, 3.63) is 72.8 Å². The highest BCUT2D eigenvalue weighted by molar-refractivity contribution is 5.90. The molecule has 0 unspecified atom stereocenters. The Bertz CT molecular complexity index is 883. The van der Waals surface area contributed by atoms with Gasteiger partial charge in [0.15, 0.2) is 0 Å². The third-order valence-corrected chi connectivity index (χ3v) is 3.97. The van der Waals surface area contributed by atoms with E-state index in [1.807, 2.05) is 54.6 Å². The fraction of sp³-hybridized carbons (Fsp3) is 0.136. The minimum atomic E-state index is -0.330. The van der Waals surface area contributed by atoms with E-state index < -0.39 is 0 Å². The Morgan fingerprint density at radius 3 is 2.16 bits per heavy atom. The summed E-state index contributed by atoms with van der Waals surface area (Å²) in [5.41, 5.74) is 3.34. The molecule has 0 aromatic heterocycles. The third-order valence-electron chi connectivity index (χ3n) is 3.97. The molecule has 0 aliphatic heterocycles. The Morgan fingerprint density at radius 1 is 0.840 bits per heavy atom. The zero-order valence-electron chi connectivity index (χ0n) is 14.3. The maximum atomic E-state index is 12.1. The number of ether oxygens (including phenoxy) is 1. The lowest BCUT2D eigenvalue weighted by molar-refractivity contribution is -0.137. The second-order valence-corrected chi connectivity index (χ2v) is 6.14. The summed E-state index contributed by atoms with van der Waals surface area (Å²) in [4.78, 5) is 12.1. The van der Waals surface area contributed by atoms with E-state index in [2.05, 4.69) is 0 Å². The third kappa shape index (κ3) is 3.56. The summed E-state index contributed by atoms with van der Waals surface area (Å²) in [6.07, 6.45) is 0. The van der Waals surface area contributed by atoms with E-state index in [4.69, 9.17) is 4.74 Å². The molecule has 126 valence electrons. The molecule has 3 rings (SSSR count). The van der Waals surface area contributed by atoms with E-state index in [9.17, 15) is 9.90 Å². The van der Waals surface area contributed by atoms with Crippen LogP contribution in [0.2, 0.25) is 0 Å². The molecular weight excluding hydrogens is 312 g/mol. The van der Waals surface area contributed by atoms with Crippen LogP contribution in [0.3, 0.4) is 0 Å². The fourth-order valence-corrected chi connectivity index (χ4v) is 2.67. The van der Waals surface area contributed by atoms with Gasteiger partial charge >= 0.3 is 5.97 Å². The number of carbonyl (C=O) groups excluding carboxylic acids is 1. The quantitative estimate of drug-likeness (QED) is 0.522. The van der Waals surface area contributed by atoms with Crippen LogP contribution in [0.5, 0.6) is 11.5 Å². The van der Waals surface area contributed by atoms with Gasteiger partial charge in [-0.25, -0.2) is 0 Å². The van der Waals surface area contributed by atoms with Gasteiger partial charge in [-0.3, -0.25) is 4.79 Å². The first-order valence-corrected chi connectivity index (χ1v) is 8.26. The van der Waals surface area contributed by atoms with Gasteiger partial charge in [-0.15, -0.1) is 0 Å². The molecule has 0 fully saturated rings. The van der Waals surface area contributed by atoms with Crippen LogP contribution in [0.25, 0.3) is 22.3 Å². The summed E-state index contributed by atoms with van der Waals surface area (Å²) in [6.45, 7) is 3.56. The maximum Gasteiger partial charge on any atom is 0.313 e. The van der Waals surface area contributed by atoms with Crippen molar-refractivity contribution in [2.75, 3.05) is 0 Å². The van der Waals surface area contributed by atoms with Crippen LogP contribution in [0.15, 0.2) is 72.8 Å². The first-order valence-electron chi connectivity index (χ1n) is 8.26. The van der Waals surface area contributed by atoms with Crippen molar-refractivity contribution in [2.45, 2.75) is 13.8 Å². The predicted octanol–water partition coefficient (Wildman–Crippen LogP) is 5.29. The molecule has 0 saturated carbocycles. The summed E-state index contributed by atoms with van der Waals surface area (Å²) in [5.74, 6) is -0.136. The van der Waals surface area contributed by atoms with Gasteiger partial charge in [-0.2, -0.15) is 0 Å². The molecular formula is C22H20O3. The van der Waals surface area contributed by atoms with Crippen molar-refractivity contribution in [2.24, 2.45) is 5.92 Å². The SMILES string of the molecule is CC(C)C(=O)Oc1cccc(O)c1-c1ccccc1-c1ccccc1. The van der Waals surface area contributed by atoms with Gasteiger partial charge in [0, 0.05) is 0 Å². The van der Waals surface area contributed by atoms with Crippen molar-refractivity contribution in [1.82, 2.24) is 0 Å². The van der Waals surface area contributed by atoms with Gasteiger partial charge in [0.25, 0.3) is 0 Å². The number of benzene rings is 3. The number of hydrogen-bond donors (Lipinski definition) is 1. The highest BCUT2D eigenvalue weighted by Crippen LogP contribution is 2.42. The zero-order valence-corrected chi connectivity index (χ0v) is 14.3. The molecule has 0 heterocycles. The Labute approximate surface area is 147 Å². The molecule has 3 aromatic carbocycles.